The Morgan fingerprint density at radius 1 is 0.921 bits per heavy atom. The molecule has 5 aromatic rings. The van der Waals surface area contributed by atoms with E-state index in [-0.39, 0.29) is 5.56 Å². The Bertz CT molecular complexity index is 1650. The third-order valence-electron chi connectivity index (χ3n) is 5.89. The summed E-state index contributed by atoms with van der Waals surface area (Å²) in [5.41, 5.74) is 9.54. The smallest absolute Gasteiger partial charge is 0.339 e. The van der Waals surface area contributed by atoms with Crippen LogP contribution in [0.5, 0.6) is 0 Å². The quantitative estimate of drug-likeness (QED) is 0.318. The third-order valence-corrected chi connectivity index (χ3v) is 5.89. The molecular formula is C29H23N5O4. The first-order valence-electron chi connectivity index (χ1n) is 11.8. The lowest BCUT2D eigenvalue weighted by molar-refractivity contribution is -0.119. The van der Waals surface area contributed by atoms with Crippen molar-refractivity contribution in [2.75, 3.05) is 11.9 Å². The van der Waals surface area contributed by atoms with Gasteiger partial charge in [0.15, 0.2) is 12.3 Å². The molecule has 0 fully saturated rings. The zero-order chi connectivity index (χ0) is 26.6. The van der Waals surface area contributed by atoms with E-state index in [0.717, 1.165) is 11.3 Å². The lowest BCUT2D eigenvalue weighted by Crippen LogP contribution is -2.21. The van der Waals surface area contributed by atoms with Crippen LogP contribution in [0.15, 0.2) is 91.0 Å². The Morgan fingerprint density at radius 3 is 2.24 bits per heavy atom. The van der Waals surface area contributed by atoms with Crippen molar-refractivity contribution in [3.05, 3.63) is 108 Å². The number of nitrogens with two attached hydrogens (primary N) is 1. The van der Waals surface area contributed by atoms with Crippen molar-refractivity contribution < 1.29 is 19.1 Å². The summed E-state index contributed by atoms with van der Waals surface area (Å²) in [6.07, 6.45) is 0. The monoisotopic (exact) mass is 505 g/mol. The van der Waals surface area contributed by atoms with Crippen LogP contribution in [0.1, 0.15) is 26.4 Å². The highest BCUT2D eigenvalue weighted by Crippen LogP contribution is 2.29. The van der Waals surface area contributed by atoms with E-state index in [1.54, 1.807) is 29.8 Å². The first-order chi connectivity index (χ1) is 18.4. The number of esters is 1. The molecule has 2 heterocycles. The van der Waals surface area contributed by atoms with Gasteiger partial charge in [-0.15, -0.1) is 0 Å². The topological polar surface area (TPSA) is 129 Å². The Balaban J connectivity index is 1.45. The van der Waals surface area contributed by atoms with E-state index in [1.807, 2.05) is 60.7 Å². The van der Waals surface area contributed by atoms with Gasteiger partial charge in [0.2, 0.25) is 5.91 Å². The van der Waals surface area contributed by atoms with E-state index >= 15 is 0 Å². The van der Waals surface area contributed by atoms with Gasteiger partial charge in [-0.25, -0.2) is 14.5 Å². The molecule has 0 aliphatic carbocycles. The maximum absolute atomic E-state index is 13.3. The number of rotatable bonds is 7. The fourth-order valence-corrected chi connectivity index (χ4v) is 4.08. The van der Waals surface area contributed by atoms with Crippen molar-refractivity contribution in [1.29, 1.82) is 0 Å². The van der Waals surface area contributed by atoms with Gasteiger partial charge < -0.3 is 15.8 Å². The van der Waals surface area contributed by atoms with Gasteiger partial charge in [0, 0.05) is 16.8 Å². The number of fused-ring (bicyclic) bond motifs is 1. The van der Waals surface area contributed by atoms with Gasteiger partial charge >= 0.3 is 5.97 Å². The van der Waals surface area contributed by atoms with Crippen molar-refractivity contribution in [2.45, 2.75) is 6.92 Å². The van der Waals surface area contributed by atoms with Gasteiger partial charge in [0.05, 0.1) is 28.0 Å². The zero-order valence-electron chi connectivity index (χ0n) is 20.4. The zero-order valence-corrected chi connectivity index (χ0v) is 20.4. The number of ether oxygens (including phenoxy) is 1. The van der Waals surface area contributed by atoms with Crippen molar-refractivity contribution in [3.8, 4) is 16.9 Å². The normalized spacial score (nSPS) is 10.8. The number of nitrogens with one attached hydrogen (secondary N) is 1. The predicted octanol–water partition coefficient (Wildman–Crippen LogP) is 4.29. The number of amides is 2. The maximum atomic E-state index is 13.3. The van der Waals surface area contributed by atoms with Gasteiger partial charge in [-0.3, -0.25) is 9.59 Å². The van der Waals surface area contributed by atoms with Crippen molar-refractivity contribution in [1.82, 2.24) is 14.8 Å². The highest BCUT2D eigenvalue weighted by molar-refractivity contribution is 6.06. The number of primary amides is 1. The summed E-state index contributed by atoms with van der Waals surface area (Å²) in [6.45, 7) is 1.29. The highest BCUT2D eigenvalue weighted by Gasteiger charge is 2.22. The van der Waals surface area contributed by atoms with Crippen LogP contribution in [0, 0.1) is 6.92 Å². The molecule has 0 saturated carbocycles. The summed E-state index contributed by atoms with van der Waals surface area (Å²) < 4.78 is 7.09. The summed E-state index contributed by atoms with van der Waals surface area (Å²) in [5, 5.41) is 7.81. The van der Waals surface area contributed by atoms with Crippen LogP contribution in [-0.4, -0.2) is 39.2 Å². The van der Waals surface area contributed by atoms with Crippen molar-refractivity contribution >= 4 is 34.5 Å². The molecule has 5 rings (SSSR count). The second-order valence-electron chi connectivity index (χ2n) is 8.52. The van der Waals surface area contributed by atoms with Gasteiger partial charge in [-0.2, -0.15) is 5.10 Å². The van der Waals surface area contributed by atoms with Crippen LogP contribution in [0.25, 0.3) is 28.0 Å². The number of para-hydroxylation sites is 1. The molecule has 0 radical (unpaired) electrons. The number of hydrogen-bond acceptors (Lipinski definition) is 6. The molecule has 0 saturated heterocycles. The number of aryl methyl sites for hydroxylation is 1. The van der Waals surface area contributed by atoms with Crippen LogP contribution < -0.4 is 11.1 Å². The van der Waals surface area contributed by atoms with E-state index in [9.17, 15) is 14.4 Å². The molecule has 2 amide bonds. The molecule has 0 unspecified atom stereocenters. The molecule has 9 heteroatoms. The Kier molecular flexibility index (Phi) is 6.65. The third kappa shape index (κ3) is 4.98. The van der Waals surface area contributed by atoms with E-state index in [0.29, 0.717) is 33.7 Å². The Labute approximate surface area is 217 Å². The summed E-state index contributed by atoms with van der Waals surface area (Å²) >= 11 is 0. The minimum atomic E-state index is -0.676. The second-order valence-corrected chi connectivity index (χ2v) is 8.52. The standard InChI is InChI=1S/C29H23N5O4/c1-18-26-23(29(37)38-17-25(35)31-21-14-12-20(13-15-21)27(30)36)16-24(19-8-4-2-5-9-19)32-28(26)34(33-18)22-10-6-3-7-11-22/h2-16H,17H2,1H3,(H2,30,36)(H,31,35). The maximum Gasteiger partial charge on any atom is 0.339 e. The molecule has 3 N–H and O–H groups in total. The molecule has 9 nitrogen and oxygen atoms in total. The molecule has 0 aliphatic rings. The van der Waals surface area contributed by atoms with E-state index < -0.39 is 24.4 Å². The first kappa shape index (κ1) is 24.4. The lowest BCUT2D eigenvalue weighted by atomic mass is 10.1. The molecule has 188 valence electrons. The van der Waals surface area contributed by atoms with Gasteiger partial charge in [-0.1, -0.05) is 48.5 Å². The summed E-state index contributed by atoms with van der Waals surface area (Å²) in [6, 6.07) is 26.7. The molecule has 0 aliphatic heterocycles. The molecule has 0 atom stereocenters. The largest absolute Gasteiger partial charge is 0.452 e. The first-order valence-corrected chi connectivity index (χ1v) is 11.8. The average Bonchev–Trinajstić information content (AvgIpc) is 3.28. The summed E-state index contributed by atoms with van der Waals surface area (Å²) in [7, 11) is 0. The Hall–Kier alpha value is -5.31. The molecule has 0 bridgehead atoms. The number of nitrogens with zero attached hydrogens (tertiary/aromatic N) is 3. The molecule has 2 aromatic heterocycles. The average molecular weight is 506 g/mol. The number of pyridine rings is 1. The molecule has 0 spiro atoms. The van der Waals surface area contributed by atoms with Crippen LogP contribution in [0.2, 0.25) is 0 Å². The van der Waals surface area contributed by atoms with Crippen LogP contribution in [0.3, 0.4) is 0 Å². The number of carbonyl (C=O) groups is 3. The highest BCUT2D eigenvalue weighted by atomic mass is 16.5. The Morgan fingerprint density at radius 2 is 1.58 bits per heavy atom. The van der Waals surface area contributed by atoms with Gasteiger partial charge in [0.1, 0.15) is 0 Å². The number of benzene rings is 3. The van der Waals surface area contributed by atoms with E-state index in [4.69, 9.17) is 15.5 Å². The number of anilines is 1. The molecule has 3 aromatic carbocycles. The summed E-state index contributed by atoms with van der Waals surface area (Å²) in [5.74, 6) is -1.78. The predicted molar refractivity (Wildman–Crippen MR) is 143 cm³/mol. The van der Waals surface area contributed by atoms with E-state index in [1.165, 1.54) is 12.1 Å². The number of hydrogen-bond donors (Lipinski definition) is 2. The lowest BCUT2D eigenvalue weighted by Gasteiger charge is -2.10. The van der Waals surface area contributed by atoms with Gasteiger partial charge in [0.25, 0.3) is 5.91 Å². The number of aromatic nitrogens is 3. The minimum absolute atomic E-state index is 0.257. The SMILES string of the molecule is Cc1nn(-c2ccccc2)c2nc(-c3ccccc3)cc(C(=O)OCC(=O)Nc3ccc(C(N)=O)cc3)c12. The van der Waals surface area contributed by atoms with Crippen molar-refractivity contribution in [2.24, 2.45) is 5.73 Å². The van der Waals surface area contributed by atoms with Crippen LogP contribution in [-0.2, 0) is 9.53 Å². The fourth-order valence-electron chi connectivity index (χ4n) is 4.08. The fraction of sp³-hybridized carbons (Fsp3) is 0.0690. The minimum Gasteiger partial charge on any atom is -0.452 e. The number of carbonyl (C=O) groups excluding carboxylic acids is 3. The summed E-state index contributed by atoms with van der Waals surface area (Å²) in [4.78, 5) is 41.8. The van der Waals surface area contributed by atoms with Gasteiger partial charge in [-0.05, 0) is 49.4 Å². The molecule has 38 heavy (non-hydrogen) atoms. The van der Waals surface area contributed by atoms with Crippen LogP contribution >= 0.6 is 0 Å². The molecular weight excluding hydrogens is 482 g/mol. The van der Waals surface area contributed by atoms with E-state index in [2.05, 4.69) is 10.4 Å². The second kappa shape index (κ2) is 10.4. The van der Waals surface area contributed by atoms with Crippen molar-refractivity contribution in [3.63, 3.8) is 0 Å². The van der Waals surface area contributed by atoms with Crippen LogP contribution in [0.4, 0.5) is 5.69 Å².